The molecule has 0 bridgehead atoms. The fourth-order valence-corrected chi connectivity index (χ4v) is 2.93. The van der Waals surface area contributed by atoms with Crippen LogP contribution in [0.3, 0.4) is 0 Å². The van der Waals surface area contributed by atoms with Crippen LogP contribution in [0.5, 0.6) is 5.75 Å². The van der Waals surface area contributed by atoms with E-state index in [-0.39, 0.29) is 12.6 Å². The third kappa shape index (κ3) is 7.68. The summed E-state index contributed by atoms with van der Waals surface area (Å²) in [6, 6.07) is 17.6. The monoisotopic (exact) mass is 352 g/mol. The van der Waals surface area contributed by atoms with Gasteiger partial charge in [-0.15, -0.1) is 0 Å². The fraction of sp³-hybridized carbons (Fsp3) is 0.190. The van der Waals surface area contributed by atoms with Gasteiger partial charge in [0.1, 0.15) is 12.4 Å². The van der Waals surface area contributed by atoms with E-state index in [1.165, 1.54) is 6.08 Å². The molecule has 0 aliphatic heterocycles. The normalized spacial score (nSPS) is 11.8. The van der Waals surface area contributed by atoms with Crippen LogP contribution in [0.4, 0.5) is 0 Å². The minimum atomic E-state index is -1.59. The van der Waals surface area contributed by atoms with E-state index in [1.54, 1.807) is 6.08 Å². The Balaban J connectivity index is 1.79. The van der Waals surface area contributed by atoms with Crippen molar-refractivity contribution in [3.63, 3.8) is 0 Å². The second kappa shape index (κ2) is 9.04. The number of carbonyl (C=O) groups is 1. The van der Waals surface area contributed by atoms with Crippen molar-refractivity contribution >= 4 is 26.4 Å². The number of hydrogen-bond donors (Lipinski definition) is 0. The van der Waals surface area contributed by atoms with Crippen molar-refractivity contribution in [3.05, 3.63) is 77.9 Å². The molecule has 0 aromatic heterocycles. The summed E-state index contributed by atoms with van der Waals surface area (Å²) in [5.74, 6) is 0.505. The maximum absolute atomic E-state index is 11.7. The molecular formula is C21H24O3Si. The molecule has 0 saturated carbocycles. The van der Waals surface area contributed by atoms with Gasteiger partial charge in [-0.2, -0.15) is 0 Å². The van der Waals surface area contributed by atoms with Gasteiger partial charge in [-0.25, -0.2) is 4.79 Å². The molecule has 0 amide bonds. The maximum Gasteiger partial charge on any atom is 0.331 e. The molecule has 0 radical (unpaired) electrons. The smallest absolute Gasteiger partial charge is 0.331 e. The molecular weight excluding hydrogens is 328 g/mol. The highest BCUT2D eigenvalue weighted by Crippen LogP contribution is 2.17. The lowest BCUT2D eigenvalue weighted by molar-refractivity contribution is -0.136. The third-order valence-corrected chi connectivity index (χ3v) is 4.00. The second-order valence-corrected chi connectivity index (χ2v) is 11.0. The molecule has 2 rings (SSSR count). The molecule has 2 aromatic carbocycles. The summed E-state index contributed by atoms with van der Waals surface area (Å²) >= 11 is 0. The highest BCUT2D eigenvalue weighted by Gasteiger charge is 2.15. The summed E-state index contributed by atoms with van der Waals surface area (Å²) in [6.45, 7) is 6.68. The number of esters is 1. The van der Waals surface area contributed by atoms with E-state index >= 15 is 0 Å². The van der Waals surface area contributed by atoms with Crippen LogP contribution < -0.4 is 4.43 Å². The van der Waals surface area contributed by atoms with Gasteiger partial charge in [0.25, 0.3) is 0 Å². The van der Waals surface area contributed by atoms with Gasteiger partial charge in [0, 0.05) is 6.08 Å². The molecule has 25 heavy (non-hydrogen) atoms. The average Bonchev–Trinajstić information content (AvgIpc) is 2.58. The van der Waals surface area contributed by atoms with E-state index in [0.29, 0.717) is 0 Å². The van der Waals surface area contributed by atoms with E-state index in [9.17, 15) is 4.79 Å². The van der Waals surface area contributed by atoms with Gasteiger partial charge >= 0.3 is 5.97 Å². The van der Waals surface area contributed by atoms with Crippen molar-refractivity contribution in [3.8, 4) is 5.75 Å². The van der Waals surface area contributed by atoms with Crippen molar-refractivity contribution < 1.29 is 14.0 Å². The van der Waals surface area contributed by atoms with Crippen LogP contribution in [0.15, 0.2) is 66.7 Å². The number of rotatable bonds is 7. The van der Waals surface area contributed by atoms with Crippen molar-refractivity contribution in [1.29, 1.82) is 0 Å². The van der Waals surface area contributed by atoms with E-state index in [2.05, 4.69) is 19.6 Å². The van der Waals surface area contributed by atoms with E-state index in [4.69, 9.17) is 9.16 Å². The van der Waals surface area contributed by atoms with Crippen LogP contribution in [0.2, 0.25) is 19.6 Å². The van der Waals surface area contributed by atoms with Crippen molar-refractivity contribution in [1.82, 2.24) is 0 Å². The Bertz CT molecular complexity index is 726. The van der Waals surface area contributed by atoms with E-state index in [1.807, 2.05) is 66.7 Å². The van der Waals surface area contributed by atoms with Gasteiger partial charge in [-0.05, 0) is 55.1 Å². The first-order chi connectivity index (χ1) is 11.9. The van der Waals surface area contributed by atoms with Crippen molar-refractivity contribution in [2.45, 2.75) is 19.6 Å². The Morgan fingerprint density at radius 3 is 2.20 bits per heavy atom. The lowest BCUT2D eigenvalue weighted by Crippen LogP contribution is -2.29. The molecule has 0 unspecified atom stereocenters. The van der Waals surface area contributed by atoms with Gasteiger partial charge in [0.05, 0.1) is 0 Å². The summed E-state index contributed by atoms with van der Waals surface area (Å²) in [5, 5.41) is 0. The van der Waals surface area contributed by atoms with Crippen molar-refractivity contribution in [2.24, 2.45) is 0 Å². The molecule has 0 fully saturated rings. The van der Waals surface area contributed by atoms with E-state index < -0.39 is 8.32 Å². The Morgan fingerprint density at radius 2 is 1.56 bits per heavy atom. The number of carbonyl (C=O) groups excluding carboxylic acids is 1. The summed E-state index contributed by atoms with van der Waals surface area (Å²) in [4.78, 5) is 11.7. The highest BCUT2D eigenvalue weighted by molar-refractivity contribution is 6.70. The molecule has 0 N–H and O–H groups in total. The second-order valence-electron chi connectivity index (χ2n) is 6.56. The predicted octanol–water partition coefficient (Wildman–Crippen LogP) is 5.17. The number of hydrogen-bond acceptors (Lipinski definition) is 3. The minimum absolute atomic E-state index is 0.251. The molecule has 130 valence electrons. The summed E-state index contributed by atoms with van der Waals surface area (Å²) in [5.41, 5.74) is 2.01. The zero-order valence-electron chi connectivity index (χ0n) is 14.9. The van der Waals surface area contributed by atoms with Crippen LogP contribution in [-0.2, 0) is 9.53 Å². The molecule has 3 nitrogen and oxygen atoms in total. The molecule has 4 heteroatoms. The lowest BCUT2D eigenvalue weighted by Gasteiger charge is -2.18. The average molecular weight is 353 g/mol. The quantitative estimate of drug-likeness (QED) is 0.392. The molecule has 0 atom stereocenters. The van der Waals surface area contributed by atoms with Gasteiger partial charge in [-0.1, -0.05) is 48.5 Å². The molecule has 0 aliphatic carbocycles. The Hall–Kier alpha value is -2.59. The zero-order valence-corrected chi connectivity index (χ0v) is 15.9. The first-order valence-electron chi connectivity index (χ1n) is 8.28. The summed E-state index contributed by atoms with van der Waals surface area (Å²) in [7, 11) is -1.59. The number of ether oxygens (including phenoxy) is 1. The van der Waals surface area contributed by atoms with Gasteiger partial charge < -0.3 is 9.16 Å². The first kappa shape index (κ1) is 18.7. The van der Waals surface area contributed by atoms with Crippen LogP contribution in [-0.4, -0.2) is 20.9 Å². The molecule has 2 aromatic rings. The van der Waals surface area contributed by atoms with E-state index in [0.717, 1.165) is 16.9 Å². The predicted molar refractivity (Wildman–Crippen MR) is 106 cm³/mol. The van der Waals surface area contributed by atoms with Gasteiger partial charge in [0.2, 0.25) is 8.32 Å². The van der Waals surface area contributed by atoms with Crippen molar-refractivity contribution in [2.75, 3.05) is 6.61 Å². The first-order valence-corrected chi connectivity index (χ1v) is 11.7. The summed E-state index contributed by atoms with van der Waals surface area (Å²) < 4.78 is 11.0. The Kier molecular flexibility index (Phi) is 6.78. The molecule has 0 saturated heterocycles. The van der Waals surface area contributed by atoms with Gasteiger partial charge in [-0.3, -0.25) is 0 Å². The standard InChI is InChI=1S/C21H24O3Si/c1-25(2,3)24-20-14-11-19(12-15-20)13-16-21(22)23-17-7-10-18-8-5-4-6-9-18/h4-16H,17H2,1-3H3/b10-7+,16-13+. The highest BCUT2D eigenvalue weighted by atomic mass is 28.4. The zero-order chi connectivity index (χ0) is 18.1. The fourth-order valence-electron chi connectivity index (χ4n) is 2.09. The Labute approximate surface area is 150 Å². The topological polar surface area (TPSA) is 35.5 Å². The van der Waals surface area contributed by atoms with Crippen LogP contribution in [0.1, 0.15) is 11.1 Å². The minimum Gasteiger partial charge on any atom is -0.544 e. The molecule has 0 heterocycles. The van der Waals surface area contributed by atoms with Crippen LogP contribution >= 0.6 is 0 Å². The maximum atomic E-state index is 11.7. The third-order valence-electron chi connectivity index (χ3n) is 3.15. The summed E-state index contributed by atoms with van der Waals surface area (Å²) in [6.07, 6.45) is 6.92. The SMILES string of the molecule is C[Si](C)(C)Oc1ccc(/C=C/C(=O)OC/C=C/c2ccccc2)cc1. The lowest BCUT2D eigenvalue weighted by atomic mass is 10.2. The number of benzene rings is 2. The van der Waals surface area contributed by atoms with Gasteiger partial charge in [0.15, 0.2) is 0 Å². The largest absolute Gasteiger partial charge is 0.544 e. The van der Waals surface area contributed by atoms with Crippen LogP contribution in [0, 0.1) is 0 Å². The molecule has 0 aliphatic rings. The molecule has 0 spiro atoms. The Morgan fingerprint density at radius 1 is 0.920 bits per heavy atom. The van der Waals surface area contributed by atoms with Crippen LogP contribution in [0.25, 0.3) is 12.2 Å².